The van der Waals surface area contributed by atoms with E-state index >= 15 is 0 Å². The summed E-state index contributed by atoms with van der Waals surface area (Å²) in [5.74, 6) is 3.51. The SMILES string of the molecule is Cc1cc(F)c(C#CC=O)cc1[N+](=O)[O-]. The second kappa shape index (κ2) is 4.33. The number of halogens is 1. The van der Waals surface area contributed by atoms with Gasteiger partial charge in [-0.1, -0.05) is 5.92 Å². The highest BCUT2D eigenvalue weighted by molar-refractivity contribution is 5.74. The van der Waals surface area contributed by atoms with Gasteiger partial charge in [0.25, 0.3) is 5.69 Å². The van der Waals surface area contributed by atoms with E-state index in [4.69, 9.17) is 0 Å². The number of nitro benzene ring substituents is 1. The summed E-state index contributed by atoms with van der Waals surface area (Å²) in [6.07, 6.45) is 0.297. The van der Waals surface area contributed by atoms with Crippen LogP contribution in [-0.2, 0) is 4.79 Å². The predicted octanol–water partition coefficient (Wildman–Crippen LogP) is 1.59. The first kappa shape index (κ1) is 10.9. The monoisotopic (exact) mass is 207 g/mol. The first-order valence-electron chi connectivity index (χ1n) is 3.96. The summed E-state index contributed by atoms with van der Waals surface area (Å²) < 4.78 is 13.2. The summed E-state index contributed by atoms with van der Waals surface area (Å²) in [5, 5.41) is 10.5. The Morgan fingerprint density at radius 2 is 2.20 bits per heavy atom. The van der Waals surface area contributed by atoms with E-state index in [9.17, 15) is 19.3 Å². The Labute approximate surface area is 84.9 Å². The Bertz CT molecular complexity index is 485. The Morgan fingerprint density at radius 3 is 2.73 bits per heavy atom. The lowest BCUT2D eigenvalue weighted by Crippen LogP contribution is -1.95. The molecule has 0 bridgehead atoms. The summed E-state index contributed by atoms with van der Waals surface area (Å²) in [5.41, 5.74) is -0.153. The molecule has 0 aliphatic rings. The lowest BCUT2D eigenvalue weighted by molar-refractivity contribution is -0.385. The van der Waals surface area contributed by atoms with Crippen LogP contribution in [0.2, 0.25) is 0 Å². The van der Waals surface area contributed by atoms with Crippen LogP contribution in [0.25, 0.3) is 0 Å². The molecule has 76 valence electrons. The Kier molecular flexibility index (Phi) is 3.13. The quantitative estimate of drug-likeness (QED) is 0.304. The highest BCUT2D eigenvalue weighted by Gasteiger charge is 2.14. The molecular weight excluding hydrogens is 201 g/mol. The number of hydrogen-bond donors (Lipinski definition) is 0. The molecule has 0 unspecified atom stereocenters. The van der Waals surface area contributed by atoms with Crippen molar-refractivity contribution in [3.05, 3.63) is 39.2 Å². The van der Waals surface area contributed by atoms with E-state index in [1.807, 2.05) is 5.92 Å². The van der Waals surface area contributed by atoms with E-state index in [2.05, 4.69) is 5.92 Å². The van der Waals surface area contributed by atoms with E-state index in [0.717, 1.165) is 12.1 Å². The van der Waals surface area contributed by atoms with Gasteiger partial charge in [-0.2, -0.15) is 0 Å². The average Bonchev–Trinajstić information content (AvgIpc) is 2.16. The number of nitrogens with zero attached hydrogens (tertiary/aromatic N) is 1. The summed E-state index contributed by atoms with van der Waals surface area (Å²) in [7, 11) is 0. The van der Waals surface area contributed by atoms with Gasteiger partial charge in [0.1, 0.15) is 5.82 Å². The summed E-state index contributed by atoms with van der Waals surface area (Å²) in [6.45, 7) is 1.43. The highest BCUT2D eigenvalue weighted by Crippen LogP contribution is 2.21. The van der Waals surface area contributed by atoms with Crippen LogP contribution < -0.4 is 0 Å². The third kappa shape index (κ3) is 2.38. The topological polar surface area (TPSA) is 60.2 Å². The normalized spacial score (nSPS) is 8.93. The van der Waals surface area contributed by atoms with E-state index < -0.39 is 10.7 Å². The molecule has 0 N–H and O–H groups in total. The molecule has 0 fully saturated rings. The molecule has 0 aromatic heterocycles. The second-order valence-corrected chi connectivity index (χ2v) is 2.76. The molecule has 5 heteroatoms. The fraction of sp³-hybridized carbons (Fsp3) is 0.100. The van der Waals surface area contributed by atoms with Gasteiger partial charge in [-0.3, -0.25) is 14.9 Å². The first-order valence-corrected chi connectivity index (χ1v) is 3.96. The first-order chi connectivity index (χ1) is 7.06. The third-order valence-corrected chi connectivity index (χ3v) is 1.75. The molecule has 1 rings (SSSR count). The predicted molar refractivity (Wildman–Crippen MR) is 50.7 cm³/mol. The third-order valence-electron chi connectivity index (χ3n) is 1.75. The maximum Gasteiger partial charge on any atom is 0.273 e. The van der Waals surface area contributed by atoms with Crippen LogP contribution in [0.4, 0.5) is 10.1 Å². The fourth-order valence-corrected chi connectivity index (χ4v) is 1.06. The van der Waals surface area contributed by atoms with E-state index in [0.29, 0.717) is 6.29 Å². The average molecular weight is 207 g/mol. The van der Waals surface area contributed by atoms with Gasteiger partial charge in [-0.05, 0) is 18.9 Å². The zero-order valence-electron chi connectivity index (χ0n) is 7.78. The molecule has 0 heterocycles. The lowest BCUT2D eigenvalue weighted by atomic mass is 10.1. The molecule has 15 heavy (non-hydrogen) atoms. The number of aryl methyl sites for hydroxylation is 1. The molecule has 0 amide bonds. The van der Waals surface area contributed by atoms with Gasteiger partial charge in [0.2, 0.25) is 0 Å². The van der Waals surface area contributed by atoms with Crippen molar-refractivity contribution in [1.29, 1.82) is 0 Å². The van der Waals surface area contributed by atoms with Gasteiger partial charge in [0, 0.05) is 11.6 Å². The van der Waals surface area contributed by atoms with Crippen LogP contribution in [0.5, 0.6) is 0 Å². The second-order valence-electron chi connectivity index (χ2n) is 2.76. The summed E-state index contributed by atoms with van der Waals surface area (Å²) in [6, 6.07) is 2.04. The maximum atomic E-state index is 13.2. The van der Waals surface area contributed by atoms with Gasteiger partial charge in [-0.15, -0.1) is 0 Å². The van der Waals surface area contributed by atoms with E-state index in [1.54, 1.807) is 0 Å². The molecule has 0 aliphatic carbocycles. The molecule has 0 saturated carbocycles. The molecule has 0 atom stereocenters. The summed E-state index contributed by atoms with van der Waals surface area (Å²) >= 11 is 0. The molecular formula is C10H6FNO3. The van der Waals surface area contributed by atoms with Crippen molar-refractivity contribution >= 4 is 12.0 Å². The number of carbonyl (C=O) groups excluding carboxylic acids is 1. The van der Waals surface area contributed by atoms with Gasteiger partial charge in [0.05, 0.1) is 10.5 Å². The highest BCUT2D eigenvalue weighted by atomic mass is 19.1. The molecule has 1 aromatic rings. The van der Waals surface area contributed by atoms with Crippen LogP contribution in [0.15, 0.2) is 12.1 Å². The number of nitro groups is 1. The largest absolute Gasteiger partial charge is 0.289 e. The van der Waals surface area contributed by atoms with Crippen molar-refractivity contribution < 1.29 is 14.1 Å². The zero-order valence-corrected chi connectivity index (χ0v) is 7.78. The minimum Gasteiger partial charge on any atom is -0.289 e. The van der Waals surface area contributed by atoms with Gasteiger partial charge in [-0.25, -0.2) is 4.39 Å². The van der Waals surface area contributed by atoms with Gasteiger partial charge < -0.3 is 0 Å². The Balaban J connectivity index is 3.35. The van der Waals surface area contributed by atoms with Crippen LogP contribution >= 0.6 is 0 Å². The molecule has 0 aliphatic heterocycles. The smallest absolute Gasteiger partial charge is 0.273 e. The van der Waals surface area contributed by atoms with Crippen molar-refractivity contribution in [3.63, 3.8) is 0 Å². The molecule has 4 nitrogen and oxygen atoms in total. The number of benzene rings is 1. The van der Waals surface area contributed by atoms with E-state index in [-0.39, 0.29) is 16.8 Å². The van der Waals surface area contributed by atoms with Crippen LogP contribution in [0.3, 0.4) is 0 Å². The van der Waals surface area contributed by atoms with Crippen molar-refractivity contribution in [1.82, 2.24) is 0 Å². The summed E-state index contributed by atoms with van der Waals surface area (Å²) in [4.78, 5) is 19.8. The van der Waals surface area contributed by atoms with Crippen LogP contribution in [0.1, 0.15) is 11.1 Å². The van der Waals surface area contributed by atoms with Crippen LogP contribution in [-0.4, -0.2) is 11.2 Å². The van der Waals surface area contributed by atoms with Crippen molar-refractivity contribution in [3.8, 4) is 11.8 Å². The number of carbonyl (C=O) groups is 1. The Morgan fingerprint density at radius 1 is 1.53 bits per heavy atom. The van der Waals surface area contributed by atoms with E-state index in [1.165, 1.54) is 6.92 Å². The van der Waals surface area contributed by atoms with Crippen molar-refractivity contribution in [2.24, 2.45) is 0 Å². The molecule has 1 aromatic carbocycles. The number of rotatable bonds is 1. The minimum absolute atomic E-state index is 0.153. The fourth-order valence-electron chi connectivity index (χ4n) is 1.06. The standard InChI is InChI=1S/C10H6FNO3/c1-7-5-9(11)8(3-2-4-13)6-10(7)12(14)15/h4-6H,1H3. The van der Waals surface area contributed by atoms with Gasteiger partial charge >= 0.3 is 0 Å². The molecule has 0 radical (unpaired) electrons. The van der Waals surface area contributed by atoms with Crippen LogP contribution in [0, 0.1) is 34.7 Å². The zero-order chi connectivity index (χ0) is 11.4. The minimum atomic E-state index is -0.674. The number of aldehydes is 1. The maximum absolute atomic E-state index is 13.2. The van der Waals surface area contributed by atoms with Crippen molar-refractivity contribution in [2.45, 2.75) is 6.92 Å². The number of hydrogen-bond acceptors (Lipinski definition) is 3. The molecule has 0 saturated heterocycles. The lowest BCUT2D eigenvalue weighted by Gasteiger charge is -1.99. The Hall–Kier alpha value is -2.22. The van der Waals surface area contributed by atoms with Gasteiger partial charge in [0.15, 0.2) is 6.29 Å². The van der Waals surface area contributed by atoms with Crippen molar-refractivity contribution in [2.75, 3.05) is 0 Å². The molecule has 0 spiro atoms.